The Labute approximate surface area is 286 Å². The fourth-order valence-corrected chi connectivity index (χ4v) is 5.05. The molecule has 266 valence electrons. The summed E-state index contributed by atoms with van der Waals surface area (Å²) in [4.78, 5) is 49.5. The Morgan fingerprint density at radius 2 is 1.29 bits per heavy atom. The SMILES string of the molecule is CC1(C)OCC(C)(C(=O)OCC(C)(COC(=O)C2(C)COC(C)(C)OC2)C(=O)OCc2cccc(C3=N[C@@H](c4ccccc4)CO3)n2)CO1. The average Bonchev–Trinajstić information content (AvgIpc) is 3.59. The van der Waals surface area contributed by atoms with Crippen LogP contribution in [0.2, 0.25) is 0 Å². The monoisotopic (exact) mass is 682 g/mol. The van der Waals surface area contributed by atoms with Gasteiger partial charge >= 0.3 is 17.9 Å². The highest BCUT2D eigenvalue weighted by atomic mass is 16.7. The maximum Gasteiger partial charge on any atom is 0.319 e. The zero-order valence-corrected chi connectivity index (χ0v) is 29.2. The van der Waals surface area contributed by atoms with Gasteiger partial charge in [0.2, 0.25) is 5.90 Å². The molecule has 0 amide bonds. The maximum absolute atomic E-state index is 13.7. The topological polar surface area (TPSA) is 150 Å². The van der Waals surface area contributed by atoms with Crippen molar-refractivity contribution in [1.29, 1.82) is 0 Å². The summed E-state index contributed by atoms with van der Waals surface area (Å²) in [5.74, 6) is -3.30. The smallest absolute Gasteiger partial charge is 0.319 e. The van der Waals surface area contributed by atoms with Gasteiger partial charge in [-0.2, -0.15) is 0 Å². The largest absolute Gasteiger partial charge is 0.474 e. The number of hydrogen-bond acceptors (Lipinski definition) is 13. The molecule has 0 aliphatic carbocycles. The van der Waals surface area contributed by atoms with Crippen molar-refractivity contribution in [3.8, 4) is 0 Å². The molecule has 5 rings (SSSR count). The number of aromatic nitrogens is 1. The minimum absolute atomic E-state index is 0.0623. The number of aliphatic imine (C=N–C) groups is 1. The predicted octanol–water partition coefficient (Wildman–Crippen LogP) is 4.31. The molecule has 0 radical (unpaired) electrons. The summed E-state index contributed by atoms with van der Waals surface area (Å²) in [6.07, 6.45) is 0. The summed E-state index contributed by atoms with van der Waals surface area (Å²) in [5.41, 5.74) is -1.82. The molecule has 2 fully saturated rings. The molecular weight excluding hydrogens is 636 g/mol. The Morgan fingerprint density at radius 3 is 1.82 bits per heavy atom. The second-order valence-electron chi connectivity index (χ2n) is 14.6. The summed E-state index contributed by atoms with van der Waals surface area (Å²) >= 11 is 0. The normalized spacial score (nSPS) is 22.3. The van der Waals surface area contributed by atoms with Crippen LogP contribution in [-0.2, 0) is 58.9 Å². The van der Waals surface area contributed by atoms with Crippen LogP contribution in [0.25, 0.3) is 0 Å². The molecule has 0 saturated carbocycles. The summed E-state index contributed by atoms with van der Waals surface area (Å²) < 4.78 is 45.6. The van der Waals surface area contributed by atoms with Gasteiger partial charge in [-0.25, -0.2) is 9.98 Å². The Kier molecular flexibility index (Phi) is 10.5. The van der Waals surface area contributed by atoms with E-state index < -0.39 is 58.9 Å². The van der Waals surface area contributed by atoms with Gasteiger partial charge in [-0.1, -0.05) is 36.4 Å². The number of hydrogen-bond donors (Lipinski definition) is 0. The molecule has 1 atom stereocenters. The minimum atomic E-state index is -1.58. The van der Waals surface area contributed by atoms with Gasteiger partial charge < -0.3 is 37.9 Å². The van der Waals surface area contributed by atoms with Gasteiger partial charge in [0.25, 0.3) is 0 Å². The minimum Gasteiger partial charge on any atom is -0.474 e. The highest BCUT2D eigenvalue weighted by Gasteiger charge is 2.48. The molecule has 1 aromatic heterocycles. The number of benzene rings is 1. The maximum atomic E-state index is 13.7. The zero-order chi connectivity index (χ0) is 35.5. The van der Waals surface area contributed by atoms with Crippen molar-refractivity contribution in [2.75, 3.05) is 46.2 Å². The molecule has 3 aliphatic rings. The number of ether oxygens (including phenoxy) is 8. The van der Waals surface area contributed by atoms with E-state index in [1.807, 2.05) is 30.3 Å². The Morgan fingerprint density at radius 1 is 0.755 bits per heavy atom. The van der Waals surface area contributed by atoms with E-state index in [1.165, 1.54) is 6.92 Å². The van der Waals surface area contributed by atoms with E-state index in [9.17, 15) is 14.4 Å². The first-order valence-corrected chi connectivity index (χ1v) is 16.3. The van der Waals surface area contributed by atoms with E-state index in [0.29, 0.717) is 23.9 Å². The summed E-state index contributed by atoms with van der Waals surface area (Å²) in [5, 5.41) is 0. The second-order valence-corrected chi connectivity index (χ2v) is 14.6. The summed E-state index contributed by atoms with van der Waals surface area (Å²) in [7, 11) is 0. The first kappa shape index (κ1) is 36.4. The number of carbonyl (C=O) groups is 3. The van der Waals surface area contributed by atoms with Crippen LogP contribution in [0.15, 0.2) is 53.5 Å². The van der Waals surface area contributed by atoms with Crippen molar-refractivity contribution < 1.29 is 52.3 Å². The molecule has 1 aromatic carbocycles. The Bertz CT molecular complexity index is 1480. The van der Waals surface area contributed by atoms with Crippen molar-refractivity contribution in [1.82, 2.24) is 4.98 Å². The molecule has 3 aliphatic heterocycles. The van der Waals surface area contributed by atoms with Crippen molar-refractivity contribution in [2.24, 2.45) is 21.2 Å². The number of pyridine rings is 1. The standard InChI is InChI=1S/C36H46N2O11/c1-32(2)46-20-35(6,21-47-32)30(40)44-18-34(5,19-45-31(41)36(7)22-48-33(3,4)49-23-36)29(39)43-16-25-14-11-15-26(37-25)28-38-27(17-42-28)24-12-9-8-10-13-24/h8-15,27H,16-23H2,1-7H3/t27-/m1/s1. The molecule has 0 unspecified atom stereocenters. The number of nitrogens with zero attached hydrogens (tertiary/aromatic N) is 2. The lowest BCUT2D eigenvalue weighted by Crippen LogP contribution is -2.51. The van der Waals surface area contributed by atoms with E-state index in [-0.39, 0.29) is 39.1 Å². The molecule has 13 heteroatoms. The fourth-order valence-electron chi connectivity index (χ4n) is 5.05. The molecule has 0 N–H and O–H groups in total. The summed E-state index contributed by atoms with van der Waals surface area (Å²) in [6, 6.07) is 14.9. The number of carbonyl (C=O) groups excluding carboxylic acids is 3. The third kappa shape index (κ3) is 8.82. The fraction of sp³-hybridized carbons (Fsp3) is 0.583. The van der Waals surface area contributed by atoms with Gasteiger partial charge in [-0.15, -0.1) is 0 Å². The second kappa shape index (κ2) is 14.1. The molecule has 4 heterocycles. The van der Waals surface area contributed by atoms with Crippen molar-refractivity contribution in [3.05, 3.63) is 65.5 Å². The summed E-state index contributed by atoms with van der Waals surface area (Å²) in [6.45, 7) is 11.4. The Hall–Kier alpha value is -3.91. The lowest BCUT2D eigenvalue weighted by molar-refractivity contribution is -0.282. The molecule has 2 saturated heterocycles. The highest BCUT2D eigenvalue weighted by Crippen LogP contribution is 2.34. The molecule has 49 heavy (non-hydrogen) atoms. The van der Waals surface area contributed by atoms with E-state index in [2.05, 4.69) is 9.98 Å². The molecule has 0 bridgehead atoms. The van der Waals surface area contributed by atoms with E-state index in [4.69, 9.17) is 37.9 Å². The van der Waals surface area contributed by atoms with Gasteiger partial charge in [-0.3, -0.25) is 14.4 Å². The van der Waals surface area contributed by atoms with Gasteiger partial charge in [0, 0.05) is 0 Å². The van der Waals surface area contributed by atoms with Crippen LogP contribution >= 0.6 is 0 Å². The predicted molar refractivity (Wildman–Crippen MR) is 174 cm³/mol. The van der Waals surface area contributed by atoms with E-state index >= 15 is 0 Å². The van der Waals surface area contributed by atoms with Crippen molar-refractivity contribution in [3.63, 3.8) is 0 Å². The number of rotatable bonds is 11. The van der Waals surface area contributed by atoms with Crippen molar-refractivity contribution in [2.45, 2.75) is 72.7 Å². The van der Waals surface area contributed by atoms with Gasteiger partial charge in [0.05, 0.1) is 32.1 Å². The van der Waals surface area contributed by atoms with Crippen LogP contribution < -0.4 is 0 Å². The molecule has 13 nitrogen and oxygen atoms in total. The third-order valence-corrected chi connectivity index (χ3v) is 8.69. The highest BCUT2D eigenvalue weighted by molar-refractivity contribution is 5.93. The quantitative estimate of drug-likeness (QED) is 0.245. The van der Waals surface area contributed by atoms with Crippen LogP contribution in [0.1, 0.15) is 71.5 Å². The first-order valence-electron chi connectivity index (χ1n) is 16.3. The van der Waals surface area contributed by atoms with Crippen LogP contribution in [0, 0.1) is 16.2 Å². The van der Waals surface area contributed by atoms with Crippen LogP contribution in [-0.4, -0.2) is 86.6 Å². The molecule has 2 aromatic rings. The van der Waals surface area contributed by atoms with Crippen LogP contribution in [0.4, 0.5) is 0 Å². The van der Waals surface area contributed by atoms with Gasteiger partial charge in [-0.05, 0) is 66.2 Å². The van der Waals surface area contributed by atoms with Crippen LogP contribution in [0.3, 0.4) is 0 Å². The lowest BCUT2D eigenvalue weighted by atomic mass is 9.89. The van der Waals surface area contributed by atoms with Crippen LogP contribution in [0.5, 0.6) is 0 Å². The first-order chi connectivity index (χ1) is 23.0. The molecule has 0 spiro atoms. The zero-order valence-electron chi connectivity index (χ0n) is 29.2. The van der Waals surface area contributed by atoms with E-state index in [1.54, 1.807) is 59.7 Å². The molecular formula is C36H46N2O11. The van der Waals surface area contributed by atoms with E-state index in [0.717, 1.165) is 5.56 Å². The third-order valence-electron chi connectivity index (χ3n) is 8.69. The average molecular weight is 683 g/mol. The number of esters is 3. The lowest BCUT2D eigenvalue weighted by Gasteiger charge is -2.40. The Balaban J connectivity index is 1.26. The van der Waals surface area contributed by atoms with Crippen molar-refractivity contribution >= 4 is 23.8 Å². The van der Waals surface area contributed by atoms with Gasteiger partial charge in [0.15, 0.2) is 11.6 Å². The van der Waals surface area contributed by atoms with Gasteiger partial charge in [0.1, 0.15) is 54.4 Å².